The normalized spacial score (nSPS) is 9.92. The molecule has 0 fully saturated rings. The molecule has 3 nitrogen and oxygen atoms in total. The van der Waals surface area contributed by atoms with Crippen LogP contribution in [0.1, 0.15) is 5.56 Å². The summed E-state index contributed by atoms with van der Waals surface area (Å²) in [6, 6.07) is 3.38. The molecule has 0 unspecified atom stereocenters. The average Bonchev–Trinajstić information content (AvgIpc) is 1.96. The van der Waals surface area contributed by atoms with Gasteiger partial charge in [0.15, 0.2) is 0 Å². The molecule has 0 radical (unpaired) electrons. The van der Waals surface area contributed by atoms with Crippen molar-refractivity contribution in [1.82, 2.24) is 0 Å². The summed E-state index contributed by atoms with van der Waals surface area (Å²) < 4.78 is 0.808. The molecule has 0 saturated carbocycles. The van der Waals surface area contributed by atoms with Crippen molar-refractivity contribution in [1.29, 1.82) is 0 Å². The molecule has 0 atom stereocenters. The molecule has 5 heteroatoms. The standard InChI is InChI=1S/C7H6INO2S/c1-4-2-5(8)7(12)6(3-4)9(10)11/h2-3,12H,1H3. The first-order chi connectivity index (χ1) is 5.52. The molecule has 1 rings (SSSR count). The molecule has 0 saturated heterocycles. The van der Waals surface area contributed by atoms with Crippen molar-refractivity contribution in [3.63, 3.8) is 0 Å². The average molecular weight is 295 g/mol. The minimum Gasteiger partial charge on any atom is -0.258 e. The van der Waals surface area contributed by atoms with Crippen LogP contribution in [-0.4, -0.2) is 4.92 Å². The number of aryl methyl sites for hydroxylation is 1. The van der Waals surface area contributed by atoms with E-state index in [1.54, 1.807) is 0 Å². The maximum atomic E-state index is 10.5. The van der Waals surface area contributed by atoms with E-state index in [1.165, 1.54) is 6.07 Å². The van der Waals surface area contributed by atoms with E-state index in [0.717, 1.165) is 9.13 Å². The van der Waals surface area contributed by atoms with E-state index in [0.29, 0.717) is 4.90 Å². The van der Waals surface area contributed by atoms with Gasteiger partial charge in [-0.05, 0) is 41.1 Å². The van der Waals surface area contributed by atoms with E-state index in [9.17, 15) is 10.1 Å². The maximum absolute atomic E-state index is 10.5. The summed E-state index contributed by atoms with van der Waals surface area (Å²) in [6.07, 6.45) is 0. The highest BCUT2D eigenvalue weighted by atomic mass is 127. The maximum Gasteiger partial charge on any atom is 0.283 e. The molecule has 0 N–H and O–H groups in total. The highest BCUT2D eigenvalue weighted by molar-refractivity contribution is 14.1. The van der Waals surface area contributed by atoms with Crippen molar-refractivity contribution in [3.05, 3.63) is 31.4 Å². The summed E-state index contributed by atoms with van der Waals surface area (Å²) in [7, 11) is 0. The zero-order valence-corrected chi connectivity index (χ0v) is 9.30. The number of thiol groups is 1. The first-order valence-corrected chi connectivity index (χ1v) is 4.68. The van der Waals surface area contributed by atoms with Crippen molar-refractivity contribution in [2.45, 2.75) is 11.8 Å². The fourth-order valence-electron chi connectivity index (χ4n) is 0.855. The highest BCUT2D eigenvalue weighted by Crippen LogP contribution is 2.28. The number of rotatable bonds is 1. The van der Waals surface area contributed by atoms with Gasteiger partial charge in [-0.3, -0.25) is 10.1 Å². The Labute approximate surface area is 88.9 Å². The number of nitrogens with zero attached hydrogens (tertiary/aromatic N) is 1. The first kappa shape index (κ1) is 9.79. The van der Waals surface area contributed by atoms with Gasteiger partial charge in [-0.25, -0.2) is 0 Å². The summed E-state index contributed by atoms with van der Waals surface area (Å²) in [4.78, 5) is 10.5. The molecule has 0 aliphatic rings. The van der Waals surface area contributed by atoms with Crippen molar-refractivity contribution < 1.29 is 4.92 Å². The van der Waals surface area contributed by atoms with E-state index < -0.39 is 4.92 Å². The van der Waals surface area contributed by atoms with Crippen molar-refractivity contribution >= 4 is 40.9 Å². The SMILES string of the molecule is Cc1cc(I)c(S)c([N+](=O)[O-])c1. The topological polar surface area (TPSA) is 43.1 Å². The largest absolute Gasteiger partial charge is 0.283 e. The van der Waals surface area contributed by atoms with Gasteiger partial charge in [-0.15, -0.1) is 12.6 Å². The summed E-state index contributed by atoms with van der Waals surface area (Å²) >= 11 is 6.08. The minimum atomic E-state index is -0.419. The third-order valence-corrected chi connectivity index (χ3v) is 3.13. The molecular weight excluding hydrogens is 289 g/mol. The molecule has 0 spiro atoms. The van der Waals surface area contributed by atoms with E-state index in [2.05, 4.69) is 12.6 Å². The molecule has 0 aliphatic carbocycles. The summed E-state index contributed by atoms with van der Waals surface area (Å²) in [5.41, 5.74) is 0.951. The van der Waals surface area contributed by atoms with Crippen molar-refractivity contribution in [2.75, 3.05) is 0 Å². The molecule has 0 aliphatic heterocycles. The second-order valence-corrected chi connectivity index (χ2v) is 3.98. The number of halogens is 1. The van der Waals surface area contributed by atoms with E-state index in [1.807, 2.05) is 35.6 Å². The quantitative estimate of drug-likeness (QED) is 0.375. The van der Waals surface area contributed by atoms with Crippen LogP contribution in [0.4, 0.5) is 5.69 Å². The van der Waals surface area contributed by atoms with Gasteiger partial charge in [0.2, 0.25) is 0 Å². The van der Waals surface area contributed by atoms with Crippen LogP contribution >= 0.6 is 35.2 Å². The van der Waals surface area contributed by atoms with Gasteiger partial charge in [-0.1, -0.05) is 0 Å². The number of nitro groups is 1. The Morgan fingerprint density at radius 1 is 1.58 bits per heavy atom. The van der Waals surface area contributed by atoms with Gasteiger partial charge >= 0.3 is 0 Å². The predicted molar refractivity (Wildman–Crippen MR) is 57.8 cm³/mol. The van der Waals surface area contributed by atoms with Crippen LogP contribution in [0.15, 0.2) is 17.0 Å². The molecular formula is C7H6INO2S. The zero-order chi connectivity index (χ0) is 9.30. The summed E-state index contributed by atoms with van der Waals surface area (Å²) in [5, 5.41) is 10.5. The van der Waals surface area contributed by atoms with Crippen molar-refractivity contribution in [2.24, 2.45) is 0 Å². The molecule has 0 bridgehead atoms. The lowest BCUT2D eigenvalue weighted by molar-refractivity contribution is -0.387. The van der Waals surface area contributed by atoms with Crippen LogP contribution in [0, 0.1) is 20.6 Å². The van der Waals surface area contributed by atoms with Crippen LogP contribution in [0.5, 0.6) is 0 Å². The van der Waals surface area contributed by atoms with Gasteiger partial charge < -0.3 is 0 Å². The Hall–Kier alpha value is -0.300. The third-order valence-electron chi connectivity index (χ3n) is 1.38. The second-order valence-electron chi connectivity index (χ2n) is 2.37. The number of hydrogen-bond acceptors (Lipinski definition) is 3. The van der Waals surface area contributed by atoms with Gasteiger partial charge in [0.25, 0.3) is 5.69 Å². The first-order valence-electron chi connectivity index (χ1n) is 3.16. The van der Waals surface area contributed by atoms with Crippen LogP contribution < -0.4 is 0 Å². The molecule has 12 heavy (non-hydrogen) atoms. The summed E-state index contributed by atoms with van der Waals surface area (Å²) in [5.74, 6) is 0. The number of benzene rings is 1. The molecule has 1 aromatic rings. The van der Waals surface area contributed by atoms with Crippen LogP contribution in [0.2, 0.25) is 0 Å². The van der Waals surface area contributed by atoms with Gasteiger partial charge in [0.05, 0.1) is 9.82 Å². The van der Waals surface area contributed by atoms with E-state index in [-0.39, 0.29) is 5.69 Å². The Morgan fingerprint density at radius 2 is 2.17 bits per heavy atom. The van der Waals surface area contributed by atoms with Crippen molar-refractivity contribution in [3.8, 4) is 0 Å². The lowest BCUT2D eigenvalue weighted by atomic mass is 10.2. The van der Waals surface area contributed by atoms with Gasteiger partial charge in [-0.2, -0.15) is 0 Å². The lowest BCUT2D eigenvalue weighted by Crippen LogP contribution is -1.92. The molecule has 1 aromatic carbocycles. The minimum absolute atomic E-state index is 0.0720. The smallest absolute Gasteiger partial charge is 0.258 e. The molecule has 0 amide bonds. The zero-order valence-electron chi connectivity index (χ0n) is 6.24. The Balaban J connectivity index is 3.37. The fourth-order valence-corrected chi connectivity index (χ4v) is 1.83. The van der Waals surface area contributed by atoms with E-state index >= 15 is 0 Å². The van der Waals surface area contributed by atoms with E-state index in [4.69, 9.17) is 0 Å². The van der Waals surface area contributed by atoms with Crippen LogP contribution in [-0.2, 0) is 0 Å². The monoisotopic (exact) mass is 295 g/mol. The lowest BCUT2D eigenvalue weighted by Gasteiger charge is -2.00. The predicted octanol–water partition coefficient (Wildman–Crippen LogP) is 2.80. The fraction of sp³-hybridized carbons (Fsp3) is 0.143. The highest BCUT2D eigenvalue weighted by Gasteiger charge is 2.13. The number of hydrogen-bond donors (Lipinski definition) is 1. The van der Waals surface area contributed by atoms with Crippen LogP contribution in [0.3, 0.4) is 0 Å². The molecule has 0 aromatic heterocycles. The Bertz CT molecular complexity index is 340. The van der Waals surface area contributed by atoms with Gasteiger partial charge in [0.1, 0.15) is 0 Å². The molecule has 0 heterocycles. The molecule has 64 valence electrons. The van der Waals surface area contributed by atoms with Gasteiger partial charge in [0, 0.05) is 9.64 Å². The second kappa shape index (κ2) is 3.61. The third kappa shape index (κ3) is 1.89. The Morgan fingerprint density at radius 3 is 2.67 bits per heavy atom. The number of nitro benzene ring substituents is 1. The Kier molecular flexibility index (Phi) is 2.94. The van der Waals surface area contributed by atoms with Crippen LogP contribution in [0.25, 0.3) is 0 Å². The summed E-state index contributed by atoms with van der Waals surface area (Å²) in [6.45, 7) is 1.82.